The molecule has 2 rings (SSSR count). The molecule has 1 saturated carbocycles. The Morgan fingerprint density at radius 1 is 1.23 bits per heavy atom. The van der Waals surface area contributed by atoms with Crippen LogP contribution in [0.5, 0.6) is 0 Å². The van der Waals surface area contributed by atoms with Crippen LogP contribution in [0.15, 0.2) is 30.3 Å². The van der Waals surface area contributed by atoms with Gasteiger partial charge in [-0.25, -0.2) is 0 Å². The van der Waals surface area contributed by atoms with Gasteiger partial charge < -0.3 is 5.11 Å². The van der Waals surface area contributed by atoms with Gasteiger partial charge in [0.2, 0.25) is 0 Å². The molecule has 1 aromatic carbocycles. The predicted molar refractivity (Wildman–Crippen MR) is 53.5 cm³/mol. The van der Waals surface area contributed by atoms with Gasteiger partial charge in [0.1, 0.15) is 0 Å². The van der Waals surface area contributed by atoms with E-state index in [2.05, 4.69) is 38.1 Å². The lowest BCUT2D eigenvalue weighted by Gasteiger charge is -2.01. The van der Waals surface area contributed by atoms with E-state index >= 15 is 0 Å². The van der Waals surface area contributed by atoms with Crippen LogP contribution in [0.4, 0.5) is 0 Å². The number of hydrogen-bond acceptors (Lipinski definition) is 1. The molecular weight excluding hydrogens is 160 g/mol. The molecule has 0 heterocycles. The summed E-state index contributed by atoms with van der Waals surface area (Å²) < 4.78 is 0. The molecule has 13 heavy (non-hydrogen) atoms. The van der Waals surface area contributed by atoms with Gasteiger partial charge in [0, 0.05) is 6.61 Å². The summed E-state index contributed by atoms with van der Waals surface area (Å²) in [6.07, 6.45) is 0. The topological polar surface area (TPSA) is 20.2 Å². The van der Waals surface area contributed by atoms with Crippen LogP contribution in [0, 0.1) is 11.3 Å². The molecule has 0 saturated heterocycles. The van der Waals surface area contributed by atoms with E-state index < -0.39 is 0 Å². The van der Waals surface area contributed by atoms with Crippen molar-refractivity contribution in [1.82, 2.24) is 0 Å². The molecule has 70 valence electrons. The number of benzene rings is 1. The molecule has 1 aliphatic rings. The largest absolute Gasteiger partial charge is 0.396 e. The van der Waals surface area contributed by atoms with Gasteiger partial charge in [-0.15, -0.1) is 0 Å². The molecule has 1 aromatic rings. The van der Waals surface area contributed by atoms with Crippen LogP contribution in [-0.2, 0) is 0 Å². The first kappa shape index (κ1) is 8.76. The maximum absolute atomic E-state index is 9.17. The zero-order chi connectivity index (χ0) is 9.47. The van der Waals surface area contributed by atoms with Crippen LogP contribution >= 0.6 is 0 Å². The molecule has 0 radical (unpaired) electrons. The molecule has 1 heteroatoms. The van der Waals surface area contributed by atoms with Crippen LogP contribution in [0.25, 0.3) is 0 Å². The predicted octanol–water partition coefficient (Wildman–Crippen LogP) is 2.42. The summed E-state index contributed by atoms with van der Waals surface area (Å²) in [7, 11) is 0. The van der Waals surface area contributed by atoms with E-state index in [4.69, 9.17) is 0 Å². The van der Waals surface area contributed by atoms with Crippen molar-refractivity contribution in [3.05, 3.63) is 35.9 Å². The highest BCUT2D eigenvalue weighted by Crippen LogP contribution is 2.63. The summed E-state index contributed by atoms with van der Waals surface area (Å²) in [5.74, 6) is 1.01. The van der Waals surface area contributed by atoms with Crippen LogP contribution < -0.4 is 0 Å². The van der Waals surface area contributed by atoms with Crippen LogP contribution in [-0.4, -0.2) is 11.7 Å². The zero-order valence-corrected chi connectivity index (χ0v) is 8.20. The molecule has 0 aromatic heterocycles. The van der Waals surface area contributed by atoms with Crippen LogP contribution in [0.2, 0.25) is 0 Å². The van der Waals surface area contributed by atoms with Gasteiger partial charge >= 0.3 is 0 Å². The van der Waals surface area contributed by atoms with Gasteiger partial charge in [0.25, 0.3) is 0 Å². The fraction of sp³-hybridized carbons (Fsp3) is 0.500. The van der Waals surface area contributed by atoms with Gasteiger partial charge in [0.05, 0.1) is 0 Å². The third-order valence-corrected chi connectivity index (χ3v) is 3.41. The lowest BCUT2D eigenvalue weighted by Crippen LogP contribution is -1.93. The van der Waals surface area contributed by atoms with E-state index in [0.717, 1.165) is 0 Å². The van der Waals surface area contributed by atoms with Crippen molar-refractivity contribution in [2.45, 2.75) is 19.8 Å². The summed E-state index contributed by atoms with van der Waals surface area (Å²) in [5.41, 5.74) is 1.65. The third kappa shape index (κ3) is 1.28. The number of aliphatic hydroxyl groups excluding tert-OH is 1. The summed E-state index contributed by atoms with van der Waals surface area (Å²) in [4.78, 5) is 0. The quantitative estimate of drug-likeness (QED) is 0.733. The van der Waals surface area contributed by atoms with Crippen molar-refractivity contribution in [3.8, 4) is 0 Å². The number of hydrogen-bond donors (Lipinski definition) is 1. The first-order valence-electron chi connectivity index (χ1n) is 4.83. The van der Waals surface area contributed by atoms with E-state index in [1.165, 1.54) is 5.56 Å². The molecule has 0 aliphatic heterocycles. The molecule has 0 unspecified atom stereocenters. The van der Waals surface area contributed by atoms with Gasteiger partial charge in [-0.2, -0.15) is 0 Å². The molecule has 2 atom stereocenters. The normalized spacial score (nSPS) is 30.1. The third-order valence-electron chi connectivity index (χ3n) is 3.41. The zero-order valence-electron chi connectivity index (χ0n) is 8.20. The summed E-state index contributed by atoms with van der Waals surface area (Å²) in [5, 5.41) is 9.17. The highest BCUT2D eigenvalue weighted by Gasteiger charge is 2.57. The smallest absolute Gasteiger partial charge is 0.0470 e. The van der Waals surface area contributed by atoms with Gasteiger partial charge in [-0.3, -0.25) is 0 Å². The second-order valence-corrected chi connectivity index (χ2v) is 4.50. The molecule has 1 fully saturated rings. The highest BCUT2D eigenvalue weighted by atomic mass is 16.3. The Morgan fingerprint density at radius 3 is 2.31 bits per heavy atom. The summed E-state index contributed by atoms with van der Waals surface area (Å²) in [6.45, 7) is 4.77. The number of rotatable bonds is 2. The minimum atomic E-state index is 0.288. The lowest BCUT2D eigenvalue weighted by molar-refractivity contribution is 0.257. The van der Waals surface area contributed by atoms with Gasteiger partial charge in [-0.1, -0.05) is 44.2 Å². The first-order chi connectivity index (χ1) is 6.18. The lowest BCUT2D eigenvalue weighted by atomic mass is 10.0. The minimum absolute atomic E-state index is 0.288. The van der Waals surface area contributed by atoms with Crippen LogP contribution in [0.1, 0.15) is 25.3 Å². The fourth-order valence-electron chi connectivity index (χ4n) is 2.41. The van der Waals surface area contributed by atoms with Gasteiger partial charge in [0.15, 0.2) is 0 Å². The summed E-state index contributed by atoms with van der Waals surface area (Å²) in [6, 6.07) is 10.5. The molecular formula is C12H16O. The SMILES string of the molecule is CC1(C)[C@H](CO)[C@H]1c1ccccc1. The van der Waals surface area contributed by atoms with Crippen molar-refractivity contribution >= 4 is 0 Å². The first-order valence-corrected chi connectivity index (χ1v) is 4.83. The molecule has 0 spiro atoms. The van der Waals surface area contributed by atoms with Crippen molar-refractivity contribution in [3.63, 3.8) is 0 Å². The Kier molecular flexibility index (Phi) is 1.92. The van der Waals surface area contributed by atoms with E-state index in [0.29, 0.717) is 18.4 Å². The van der Waals surface area contributed by atoms with E-state index in [1.807, 2.05) is 6.07 Å². The molecule has 1 aliphatic carbocycles. The molecule has 1 N–H and O–H groups in total. The fourth-order valence-corrected chi connectivity index (χ4v) is 2.41. The second-order valence-electron chi connectivity index (χ2n) is 4.50. The second kappa shape index (κ2) is 2.85. The summed E-state index contributed by atoms with van der Waals surface area (Å²) >= 11 is 0. The minimum Gasteiger partial charge on any atom is -0.396 e. The van der Waals surface area contributed by atoms with Gasteiger partial charge in [-0.05, 0) is 22.8 Å². The Bertz CT molecular complexity index is 289. The van der Waals surface area contributed by atoms with E-state index in [-0.39, 0.29) is 5.41 Å². The van der Waals surface area contributed by atoms with Crippen molar-refractivity contribution in [2.24, 2.45) is 11.3 Å². The van der Waals surface area contributed by atoms with Crippen LogP contribution in [0.3, 0.4) is 0 Å². The molecule has 0 bridgehead atoms. The monoisotopic (exact) mass is 176 g/mol. The van der Waals surface area contributed by atoms with Crippen molar-refractivity contribution in [1.29, 1.82) is 0 Å². The van der Waals surface area contributed by atoms with Crippen molar-refractivity contribution < 1.29 is 5.11 Å². The highest BCUT2D eigenvalue weighted by molar-refractivity contribution is 5.31. The Balaban J connectivity index is 2.22. The average molecular weight is 176 g/mol. The van der Waals surface area contributed by atoms with E-state index in [1.54, 1.807) is 0 Å². The molecule has 0 amide bonds. The van der Waals surface area contributed by atoms with E-state index in [9.17, 15) is 5.11 Å². The van der Waals surface area contributed by atoms with Crippen molar-refractivity contribution in [2.75, 3.05) is 6.61 Å². The Hall–Kier alpha value is -0.820. The Morgan fingerprint density at radius 2 is 1.85 bits per heavy atom. The maximum atomic E-state index is 9.17. The number of aliphatic hydroxyl groups is 1. The standard InChI is InChI=1S/C12H16O/c1-12(2)10(8-13)11(12)9-6-4-3-5-7-9/h3-7,10-11,13H,8H2,1-2H3/t10-,11-/m1/s1. The Labute approximate surface area is 79.4 Å². The maximum Gasteiger partial charge on any atom is 0.0470 e. The average Bonchev–Trinajstić information content (AvgIpc) is 2.69. The molecule has 1 nitrogen and oxygen atoms in total.